The van der Waals surface area contributed by atoms with Crippen LogP contribution in [0.3, 0.4) is 0 Å². The quantitative estimate of drug-likeness (QED) is 0.520. The van der Waals surface area contributed by atoms with Crippen molar-refractivity contribution in [2.75, 3.05) is 5.32 Å². The SMILES string of the molecule is Cc1ccc(NC(=O)Cn2c(=O)n(Cc3ccc(Cl)cc3)c(=O)c3ccccc32)cc1. The van der Waals surface area contributed by atoms with E-state index in [1.807, 2.05) is 19.1 Å². The van der Waals surface area contributed by atoms with Crippen molar-refractivity contribution < 1.29 is 4.79 Å². The number of hydrogen-bond acceptors (Lipinski definition) is 3. The van der Waals surface area contributed by atoms with E-state index in [4.69, 9.17) is 11.6 Å². The van der Waals surface area contributed by atoms with Gasteiger partial charge < -0.3 is 5.32 Å². The fourth-order valence-corrected chi connectivity index (χ4v) is 3.54. The first-order chi connectivity index (χ1) is 14.9. The molecule has 0 unspecified atom stereocenters. The van der Waals surface area contributed by atoms with Gasteiger partial charge in [-0.1, -0.05) is 53.6 Å². The number of fused-ring (bicyclic) bond motifs is 1. The van der Waals surface area contributed by atoms with Gasteiger partial charge in [-0.3, -0.25) is 18.7 Å². The Labute approximate surface area is 183 Å². The average Bonchev–Trinajstić information content (AvgIpc) is 2.77. The Bertz CT molecular complexity index is 1370. The molecule has 0 spiro atoms. The summed E-state index contributed by atoms with van der Waals surface area (Å²) in [5.41, 5.74) is 1.96. The molecule has 4 rings (SSSR count). The molecule has 0 radical (unpaired) electrons. The van der Waals surface area contributed by atoms with Gasteiger partial charge in [-0.25, -0.2) is 4.79 Å². The molecule has 0 atom stereocenters. The lowest BCUT2D eigenvalue weighted by Gasteiger charge is -2.14. The van der Waals surface area contributed by atoms with Crippen molar-refractivity contribution in [3.05, 3.63) is 110 Å². The predicted octanol–water partition coefficient (Wildman–Crippen LogP) is 3.81. The minimum atomic E-state index is -0.544. The number of nitrogens with zero attached hydrogens (tertiary/aromatic N) is 2. The summed E-state index contributed by atoms with van der Waals surface area (Å²) in [5, 5.41) is 3.74. The van der Waals surface area contributed by atoms with Gasteiger partial charge >= 0.3 is 5.69 Å². The molecule has 1 heterocycles. The highest BCUT2D eigenvalue weighted by molar-refractivity contribution is 6.30. The van der Waals surface area contributed by atoms with E-state index < -0.39 is 11.2 Å². The van der Waals surface area contributed by atoms with Gasteiger partial charge in [-0.15, -0.1) is 0 Å². The van der Waals surface area contributed by atoms with Crippen molar-refractivity contribution in [3.63, 3.8) is 0 Å². The predicted molar refractivity (Wildman–Crippen MR) is 123 cm³/mol. The van der Waals surface area contributed by atoms with Crippen LogP contribution in [0.5, 0.6) is 0 Å². The zero-order valence-electron chi connectivity index (χ0n) is 16.8. The minimum absolute atomic E-state index is 0.0826. The first-order valence-electron chi connectivity index (χ1n) is 9.76. The van der Waals surface area contributed by atoms with Gasteiger partial charge in [0.25, 0.3) is 5.56 Å². The van der Waals surface area contributed by atoms with E-state index in [2.05, 4.69) is 5.32 Å². The number of benzene rings is 3. The van der Waals surface area contributed by atoms with Crippen LogP contribution < -0.4 is 16.6 Å². The van der Waals surface area contributed by atoms with Gasteiger partial charge in [0.2, 0.25) is 5.91 Å². The summed E-state index contributed by atoms with van der Waals surface area (Å²) >= 11 is 5.93. The third-order valence-electron chi connectivity index (χ3n) is 5.02. The summed E-state index contributed by atoms with van der Waals surface area (Å²) < 4.78 is 2.47. The lowest BCUT2D eigenvalue weighted by molar-refractivity contribution is -0.116. The summed E-state index contributed by atoms with van der Waals surface area (Å²) in [5.74, 6) is -0.354. The molecule has 4 aromatic rings. The molecule has 0 saturated heterocycles. The van der Waals surface area contributed by atoms with Gasteiger partial charge in [0.05, 0.1) is 17.4 Å². The molecule has 31 heavy (non-hydrogen) atoms. The van der Waals surface area contributed by atoms with Gasteiger partial charge in [0.1, 0.15) is 6.54 Å². The standard InChI is InChI=1S/C24H20ClN3O3/c1-16-6-12-19(13-7-16)26-22(29)15-27-21-5-3-2-4-20(21)23(30)28(24(27)31)14-17-8-10-18(25)11-9-17/h2-13H,14-15H2,1H3,(H,26,29). The highest BCUT2D eigenvalue weighted by Gasteiger charge is 2.15. The van der Waals surface area contributed by atoms with Crippen molar-refractivity contribution in [2.45, 2.75) is 20.0 Å². The smallest absolute Gasteiger partial charge is 0.325 e. The number of carbonyl (C=O) groups excluding carboxylic acids is 1. The molecule has 0 aliphatic rings. The van der Waals surface area contributed by atoms with Crippen LogP contribution in [-0.4, -0.2) is 15.0 Å². The lowest BCUT2D eigenvalue weighted by Crippen LogP contribution is -2.42. The number of nitrogens with one attached hydrogen (secondary N) is 1. The molecule has 0 bridgehead atoms. The highest BCUT2D eigenvalue weighted by Crippen LogP contribution is 2.12. The van der Waals surface area contributed by atoms with Crippen LogP contribution >= 0.6 is 11.6 Å². The van der Waals surface area contributed by atoms with E-state index in [9.17, 15) is 14.4 Å². The van der Waals surface area contributed by atoms with Crippen LogP contribution in [0.15, 0.2) is 82.4 Å². The van der Waals surface area contributed by atoms with Crippen molar-refractivity contribution in [2.24, 2.45) is 0 Å². The molecular formula is C24H20ClN3O3. The molecule has 1 amide bonds. The van der Waals surface area contributed by atoms with Crippen LogP contribution in [0.2, 0.25) is 5.02 Å². The zero-order valence-corrected chi connectivity index (χ0v) is 17.6. The molecule has 7 heteroatoms. The molecule has 1 aromatic heterocycles. The number of aromatic nitrogens is 2. The zero-order chi connectivity index (χ0) is 22.0. The van der Waals surface area contributed by atoms with Crippen molar-refractivity contribution in [1.82, 2.24) is 9.13 Å². The molecule has 0 saturated carbocycles. The maximum absolute atomic E-state index is 13.2. The van der Waals surface area contributed by atoms with Gasteiger partial charge in [0, 0.05) is 10.7 Å². The molecule has 0 aliphatic carbocycles. The Morgan fingerprint density at radius 2 is 1.58 bits per heavy atom. The Balaban J connectivity index is 1.74. The first kappa shape index (κ1) is 20.6. The maximum atomic E-state index is 13.2. The second-order valence-corrected chi connectivity index (χ2v) is 7.75. The fourth-order valence-electron chi connectivity index (χ4n) is 3.42. The summed E-state index contributed by atoms with van der Waals surface area (Å²) in [6, 6.07) is 21.1. The van der Waals surface area contributed by atoms with Crippen LogP contribution in [0.4, 0.5) is 5.69 Å². The van der Waals surface area contributed by atoms with Crippen LogP contribution in [0.25, 0.3) is 10.9 Å². The monoisotopic (exact) mass is 433 g/mol. The van der Waals surface area contributed by atoms with Gasteiger partial charge in [0.15, 0.2) is 0 Å². The van der Waals surface area contributed by atoms with E-state index in [0.717, 1.165) is 15.7 Å². The van der Waals surface area contributed by atoms with Crippen molar-refractivity contribution in [3.8, 4) is 0 Å². The number of hydrogen-bond donors (Lipinski definition) is 1. The average molecular weight is 434 g/mol. The maximum Gasteiger partial charge on any atom is 0.332 e. The van der Waals surface area contributed by atoms with E-state index in [1.165, 1.54) is 4.57 Å². The number of anilines is 1. The second-order valence-electron chi connectivity index (χ2n) is 7.32. The number of para-hydroxylation sites is 1. The molecule has 3 aromatic carbocycles. The fraction of sp³-hybridized carbons (Fsp3) is 0.125. The molecule has 0 aliphatic heterocycles. The second kappa shape index (κ2) is 8.62. The third-order valence-corrected chi connectivity index (χ3v) is 5.28. The number of halogens is 1. The van der Waals surface area contributed by atoms with Crippen LogP contribution in [0.1, 0.15) is 11.1 Å². The number of carbonyl (C=O) groups is 1. The molecule has 6 nitrogen and oxygen atoms in total. The van der Waals surface area contributed by atoms with Crippen LogP contribution in [-0.2, 0) is 17.9 Å². The van der Waals surface area contributed by atoms with E-state index in [-0.39, 0.29) is 19.0 Å². The summed E-state index contributed by atoms with van der Waals surface area (Å²) in [7, 11) is 0. The topological polar surface area (TPSA) is 73.1 Å². The highest BCUT2D eigenvalue weighted by atomic mass is 35.5. The molecule has 156 valence electrons. The van der Waals surface area contributed by atoms with Crippen molar-refractivity contribution >= 4 is 34.1 Å². The molecular weight excluding hydrogens is 414 g/mol. The number of rotatable bonds is 5. The number of amides is 1. The Morgan fingerprint density at radius 1 is 0.903 bits per heavy atom. The summed E-state index contributed by atoms with van der Waals surface area (Å²) in [6.45, 7) is 1.83. The summed E-state index contributed by atoms with van der Waals surface area (Å²) in [4.78, 5) is 38.9. The molecule has 1 N–H and O–H groups in total. The first-order valence-corrected chi connectivity index (χ1v) is 10.1. The Morgan fingerprint density at radius 3 is 2.29 bits per heavy atom. The van der Waals surface area contributed by atoms with Gasteiger partial charge in [-0.05, 0) is 48.9 Å². The van der Waals surface area contributed by atoms with Crippen LogP contribution in [0, 0.1) is 6.92 Å². The largest absolute Gasteiger partial charge is 0.332 e. The normalized spacial score (nSPS) is 10.9. The Hall–Kier alpha value is -3.64. The number of aryl methyl sites for hydroxylation is 1. The van der Waals surface area contributed by atoms with Gasteiger partial charge in [-0.2, -0.15) is 0 Å². The minimum Gasteiger partial charge on any atom is -0.325 e. The Kier molecular flexibility index (Phi) is 5.73. The van der Waals surface area contributed by atoms with E-state index >= 15 is 0 Å². The third kappa shape index (κ3) is 4.44. The summed E-state index contributed by atoms with van der Waals surface area (Å²) in [6.07, 6.45) is 0. The van der Waals surface area contributed by atoms with Crippen molar-refractivity contribution in [1.29, 1.82) is 0 Å². The lowest BCUT2D eigenvalue weighted by atomic mass is 10.2. The van der Waals surface area contributed by atoms with E-state index in [1.54, 1.807) is 60.7 Å². The molecule has 0 fully saturated rings. The van der Waals surface area contributed by atoms with E-state index in [0.29, 0.717) is 21.6 Å².